The summed E-state index contributed by atoms with van der Waals surface area (Å²) in [7, 11) is 1.59. The van der Waals surface area contributed by atoms with Crippen LogP contribution in [0.25, 0.3) is 0 Å². The molecule has 2 aliphatic rings. The molecule has 3 rings (SSSR count). The molecule has 30 heavy (non-hydrogen) atoms. The maximum Gasteiger partial charge on any atom is 0.413 e. The van der Waals surface area contributed by atoms with Gasteiger partial charge < -0.3 is 15.4 Å². The quantitative estimate of drug-likeness (QED) is 0.718. The van der Waals surface area contributed by atoms with E-state index in [9.17, 15) is 19.2 Å². The van der Waals surface area contributed by atoms with E-state index in [1.165, 1.54) is 4.90 Å². The Morgan fingerprint density at radius 1 is 1.23 bits per heavy atom. The van der Waals surface area contributed by atoms with Gasteiger partial charge in [0.05, 0.1) is 6.61 Å². The predicted octanol–water partition coefficient (Wildman–Crippen LogP) is 2.72. The van der Waals surface area contributed by atoms with Crippen molar-refractivity contribution in [3.8, 4) is 0 Å². The Morgan fingerprint density at radius 2 is 1.87 bits per heavy atom. The van der Waals surface area contributed by atoms with Crippen LogP contribution in [0.2, 0.25) is 0 Å². The maximum atomic E-state index is 12.8. The van der Waals surface area contributed by atoms with Crippen LogP contribution < -0.4 is 15.5 Å². The first kappa shape index (κ1) is 21.6. The Hall–Kier alpha value is -3.10. The van der Waals surface area contributed by atoms with Gasteiger partial charge in [-0.25, -0.2) is 9.59 Å². The summed E-state index contributed by atoms with van der Waals surface area (Å²) in [6.45, 7) is 3.80. The number of anilines is 2. The minimum absolute atomic E-state index is 0.278. The van der Waals surface area contributed by atoms with E-state index in [0.717, 1.165) is 17.7 Å². The van der Waals surface area contributed by atoms with Gasteiger partial charge in [-0.3, -0.25) is 19.4 Å². The van der Waals surface area contributed by atoms with Crippen molar-refractivity contribution < 1.29 is 23.9 Å². The first-order valence-corrected chi connectivity index (χ1v) is 10.2. The van der Waals surface area contributed by atoms with Crippen LogP contribution in [0.15, 0.2) is 24.3 Å². The first-order chi connectivity index (χ1) is 14.3. The van der Waals surface area contributed by atoms with Crippen LogP contribution in [-0.4, -0.2) is 54.6 Å². The molecule has 9 heteroatoms. The van der Waals surface area contributed by atoms with Crippen molar-refractivity contribution >= 4 is 35.3 Å². The highest BCUT2D eigenvalue weighted by molar-refractivity contribution is 6.10. The molecule has 1 aromatic carbocycles. The molecule has 1 spiro atoms. The van der Waals surface area contributed by atoms with E-state index in [2.05, 4.69) is 17.6 Å². The van der Waals surface area contributed by atoms with Gasteiger partial charge in [0.2, 0.25) is 5.91 Å². The third-order valence-electron chi connectivity index (χ3n) is 5.76. The molecule has 0 atom stereocenters. The number of hydrogen-bond donors (Lipinski definition) is 2. The first-order valence-electron chi connectivity index (χ1n) is 10.2. The zero-order valence-electron chi connectivity index (χ0n) is 17.6. The van der Waals surface area contributed by atoms with Gasteiger partial charge in [-0.05, 0) is 62.8 Å². The van der Waals surface area contributed by atoms with Gasteiger partial charge in [-0.15, -0.1) is 0 Å². The fourth-order valence-corrected chi connectivity index (χ4v) is 3.85. The number of hydrogen-bond acceptors (Lipinski definition) is 5. The molecule has 1 saturated heterocycles. The number of carbonyl (C=O) groups is 4. The number of ether oxygens (including phenoxy) is 1. The van der Waals surface area contributed by atoms with E-state index < -0.39 is 23.6 Å². The van der Waals surface area contributed by atoms with E-state index in [-0.39, 0.29) is 19.1 Å². The SMILES string of the molecule is CCOC(=O)N(C)c1ccc(NC(=O)CN2C(=O)NC3(CCC(C)CC3)C2=O)cc1. The van der Waals surface area contributed by atoms with Gasteiger partial charge in [0.25, 0.3) is 5.91 Å². The minimum atomic E-state index is -0.858. The molecule has 0 aromatic heterocycles. The van der Waals surface area contributed by atoms with E-state index >= 15 is 0 Å². The van der Waals surface area contributed by atoms with Gasteiger partial charge in [0.15, 0.2) is 0 Å². The largest absolute Gasteiger partial charge is 0.449 e. The molecule has 0 bridgehead atoms. The highest BCUT2D eigenvalue weighted by Gasteiger charge is 2.52. The fraction of sp³-hybridized carbons (Fsp3) is 0.524. The zero-order chi connectivity index (χ0) is 21.9. The summed E-state index contributed by atoms with van der Waals surface area (Å²) in [5.74, 6) is -0.254. The fourth-order valence-electron chi connectivity index (χ4n) is 3.85. The second-order valence-corrected chi connectivity index (χ2v) is 7.94. The maximum absolute atomic E-state index is 12.8. The van der Waals surface area contributed by atoms with Gasteiger partial charge in [0.1, 0.15) is 12.1 Å². The van der Waals surface area contributed by atoms with E-state index in [4.69, 9.17) is 4.74 Å². The number of carbonyl (C=O) groups excluding carboxylic acids is 4. The standard InChI is InChI=1S/C21H28N4O5/c1-4-30-20(29)24(3)16-7-5-15(6-8-16)22-17(26)13-25-18(27)21(23-19(25)28)11-9-14(2)10-12-21/h5-8,14H,4,9-13H2,1-3H3,(H,22,26)(H,23,28). The lowest BCUT2D eigenvalue weighted by Gasteiger charge is -2.33. The number of rotatable bonds is 5. The molecule has 1 aliphatic heterocycles. The Labute approximate surface area is 175 Å². The summed E-state index contributed by atoms with van der Waals surface area (Å²) in [5, 5.41) is 5.49. The smallest absolute Gasteiger partial charge is 0.413 e. The lowest BCUT2D eigenvalue weighted by Crippen LogP contribution is -2.49. The monoisotopic (exact) mass is 416 g/mol. The molecule has 1 aliphatic carbocycles. The van der Waals surface area contributed by atoms with E-state index in [0.29, 0.717) is 30.1 Å². The molecule has 2 N–H and O–H groups in total. The molecule has 0 unspecified atom stereocenters. The van der Waals surface area contributed by atoms with Crippen LogP contribution in [0.1, 0.15) is 39.5 Å². The number of urea groups is 1. The van der Waals surface area contributed by atoms with Gasteiger partial charge in [-0.2, -0.15) is 0 Å². The van der Waals surface area contributed by atoms with Crippen molar-refractivity contribution in [2.45, 2.75) is 45.1 Å². The van der Waals surface area contributed by atoms with Crippen molar-refractivity contribution in [3.05, 3.63) is 24.3 Å². The summed E-state index contributed by atoms with van der Waals surface area (Å²) < 4.78 is 4.94. The van der Waals surface area contributed by atoms with Crippen molar-refractivity contribution in [3.63, 3.8) is 0 Å². The molecule has 1 saturated carbocycles. The lowest BCUT2D eigenvalue weighted by atomic mass is 9.77. The summed E-state index contributed by atoms with van der Waals surface area (Å²) in [5.41, 5.74) is 0.242. The van der Waals surface area contributed by atoms with Crippen LogP contribution in [-0.2, 0) is 14.3 Å². The second kappa shape index (κ2) is 8.73. The molecule has 1 aromatic rings. The summed E-state index contributed by atoms with van der Waals surface area (Å²) >= 11 is 0. The van der Waals surface area contributed by atoms with Crippen LogP contribution in [0.4, 0.5) is 21.0 Å². The van der Waals surface area contributed by atoms with Crippen LogP contribution >= 0.6 is 0 Å². The van der Waals surface area contributed by atoms with Crippen molar-refractivity contribution in [1.29, 1.82) is 0 Å². The Bertz CT molecular complexity index is 830. The predicted molar refractivity (Wildman–Crippen MR) is 111 cm³/mol. The molecule has 0 radical (unpaired) electrons. The Kier molecular flexibility index (Phi) is 6.28. The summed E-state index contributed by atoms with van der Waals surface area (Å²) in [6, 6.07) is 6.09. The summed E-state index contributed by atoms with van der Waals surface area (Å²) in [6.07, 6.45) is 2.48. The molecule has 9 nitrogen and oxygen atoms in total. The molecule has 162 valence electrons. The summed E-state index contributed by atoms with van der Waals surface area (Å²) in [4.78, 5) is 51.7. The highest BCUT2D eigenvalue weighted by Crippen LogP contribution is 2.36. The average molecular weight is 416 g/mol. The Morgan fingerprint density at radius 3 is 2.47 bits per heavy atom. The Balaban J connectivity index is 1.58. The minimum Gasteiger partial charge on any atom is -0.449 e. The molecular weight excluding hydrogens is 388 g/mol. The molecule has 5 amide bonds. The van der Waals surface area contributed by atoms with Gasteiger partial charge in [-0.1, -0.05) is 6.92 Å². The van der Waals surface area contributed by atoms with Gasteiger partial charge >= 0.3 is 12.1 Å². The third-order valence-corrected chi connectivity index (χ3v) is 5.76. The average Bonchev–Trinajstić information content (AvgIpc) is 2.94. The highest BCUT2D eigenvalue weighted by atomic mass is 16.6. The van der Waals surface area contributed by atoms with E-state index in [1.807, 2.05) is 0 Å². The van der Waals surface area contributed by atoms with Crippen molar-refractivity contribution in [1.82, 2.24) is 10.2 Å². The molecule has 2 fully saturated rings. The van der Waals surface area contributed by atoms with E-state index in [1.54, 1.807) is 38.2 Å². The second-order valence-electron chi connectivity index (χ2n) is 7.94. The van der Waals surface area contributed by atoms with Crippen molar-refractivity contribution in [2.75, 3.05) is 30.4 Å². The van der Waals surface area contributed by atoms with Crippen LogP contribution in [0.3, 0.4) is 0 Å². The number of amides is 5. The lowest BCUT2D eigenvalue weighted by molar-refractivity contribution is -0.135. The molecular formula is C21H28N4O5. The topological polar surface area (TPSA) is 108 Å². The third kappa shape index (κ3) is 4.39. The van der Waals surface area contributed by atoms with Gasteiger partial charge in [0, 0.05) is 18.4 Å². The number of imide groups is 1. The normalized spacial score (nSPS) is 23.3. The number of benzene rings is 1. The molecule has 1 heterocycles. The zero-order valence-corrected chi connectivity index (χ0v) is 17.6. The van der Waals surface area contributed by atoms with Crippen LogP contribution in [0.5, 0.6) is 0 Å². The number of nitrogens with zero attached hydrogens (tertiary/aromatic N) is 2. The van der Waals surface area contributed by atoms with Crippen LogP contribution in [0, 0.1) is 5.92 Å². The number of nitrogens with one attached hydrogen (secondary N) is 2. The van der Waals surface area contributed by atoms with Crippen molar-refractivity contribution in [2.24, 2.45) is 5.92 Å².